The second kappa shape index (κ2) is 5.77. The average molecular weight is 308 g/mol. The van der Waals surface area contributed by atoms with Gasteiger partial charge in [0.2, 0.25) is 5.91 Å². The molecule has 2 saturated heterocycles. The molecular weight excluding hydrogens is 280 g/mol. The van der Waals surface area contributed by atoms with Crippen LogP contribution < -0.4 is 5.32 Å². The Kier molecular flexibility index (Phi) is 3.95. The standard InChI is InChI=1S/C17H28N2OS/c20-16(17-8-4-3-5-13(17)11-18-12-17)19-9-10-21-15-7-2-1-6-14(15)19/h13-15,18H,1-12H2/t13-,14?,15?,17+/m0/s1. The van der Waals surface area contributed by atoms with Gasteiger partial charge in [-0.25, -0.2) is 0 Å². The molecule has 2 aliphatic heterocycles. The third kappa shape index (κ3) is 2.33. The van der Waals surface area contributed by atoms with Crippen LogP contribution in [0.25, 0.3) is 0 Å². The Bertz CT molecular complexity index is 414. The van der Waals surface area contributed by atoms with E-state index in [9.17, 15) is 4.79 Å². The Morgan fingerprint density at radius 2 is 2.00 bits per heavy atom. The minimum Gasteiger partial charge on any atom is -0.337 e. The Hall–Kier alpha value is -0.220. The smallest absolute Gasteiger partial charge is 0.230 e. The molecule has 0 bridgehead atoms. The summed E-state index contributed by atoms with van der Waals surface area (Å²) in [4.78, 5) is 15.8. The zero-order valence-corrected chi connectivity index (χ0v) is 13.8. The van der Waals surface area contributed by atoms with E-state index in [1.165, 1.54) is 44.9 Å². The second-order valence-electron chi connectivity index (χ2n) is 7.49. The van der Waals surface area contributed by atoms with Crippen molar-refractivity contribution in [3.8, 4) is 0 Å². The van der Waals surface area contributed by atoms with Crippen LogP contribution in [0.5, 0.6) is 0 Å². The maximum Gasteiger partial charge on any atom is 0.230 e. The van der Waals surface area contributed by atoms with Gasteiger partial charge in [0, 0.05) is 30.1 Å². The lowest BCUT2D eigenvalue weighted by atomic mass is 9.67. The van der Waals surface area contributed by atoms with Gasteiger partial charge in [-0.15, -0.1) is 0 Å². The Morgan fingerprint density at radius 1 is 1.14 bits per heavy atom. The Balaban J connectivity index is 1.58. The van der Waals surface area contributed by atoms with Crippen LogP contribution in [-0.2, 0) is 4.79 Å². The molecule has 0 aromatic heterocycles. The van der Waals surface area contributed by atoms with Gasteiger partial charge in [-0.1, -0.05) is 25.7 Å². The average Bonchev–Trinajstić information content (AvgIpc) is 2.99. The molecule has 118 valence electrons. The molecule has 21 heavy (non-hydrogen) atoms. The van der Waals surface area contributed by atoms with Gasteiger partial charge in [-0.3, -0.25) is 4.79 Å². The molecule has 2 saturated carbocycles. The van der Waals surface area contributed by atoms with Crippen molar-refractivity contribution in [1.82, 2.24) is 10.2 Å². The van der Waals surface area contributed by atoms with Crippen LogP contribution in [0, 0.1) is 11.3 Å². The summed E-state index contributed by atoms with van der Waals surface area (Å²) in [6.45, 7) is 3.01. The normalized spacial score (nSPS) is 43.2. The van der Waals surface area contributed by atoms with E-state index in [-0.39, 0.29) is 5.41 Å². The summed E-state index contributed by atoms with van der Waals surface area (Å²) >= 11 is 2.13. The molecule has 0 aromatic rings. The van der Waals surface area contributed by atoms with Gasteiger partial charge < -0.3 is 10.2 Å². The molecule has 0 aromatic carbocycles. The molecule has 0 radical (unpaired) electrons. The second-order valence-corrected chi connectivity index (χ2v) is 8.84. The third-order valence-corrected chi connectivity index (χ3v) is 7.85. The van der Waals surface area contributed by atoms with E-state index >= 15 is 0 Å². The van der Waals surface area contributed by atoms with E-state index < -0.39 is 0 Å². The molecule has 0 spiro atoms. The lowest BCUT2D eigenvalue weighted by Crippen LogP contribution is -2.58. The SMILES string of the molecule is O=C(N1CCSC2CCCCC21)[C@@]12CCCC[C@H]1CNC2. The van der Waals surface area contributed by atoms with Gasteiger partial charge in [-0.2, -0.15) is 11.8 Å². The van der Waals surface area contributed by atoms with Gasteiger partial charge in [0.1, 0.15) is 0 Å². The summed E-state index contributed by atoms with van der Waals surface area (Å²) in [5, 5.41) is 4.27. The molecule has 2 unspecified atom stereocenters. The number of amides is 1. The minimum absolute atomic E-state index is 0.0394. The highest BCUT2D eigenvalue weighted by molar-refractivity contribution is 8.00. The molecule has 1 N–H and O–H groups in total. The number of fused-ring (bicyclic) bond motifs is 2. The quantitative estimate of drug-likeness (QED) is 0.808. The summed E-state index contributed by atoms with van der Waals surface area (Å²) in [7, 11) is 0. The first-order valence-corrected chi connectivity index (χ1v) is 9.99. The number of hydrogen-bond acceptors (Lipinski definition) is 3. The molecular formula is C17H28N2OS. The monoisotopic (exact) mass is 308 g/mol. The van der Waals surface area contributed by atoms with Crippen molar-refractivity contribution in [3.63, 3.8) is 0 Å². The molecule has 2 heterocycles. The number of rotatable bonds is 1. The number of thioether (sulfide) groups is 1. The van der Waals surface area contributed by atoms with E-state index in [1.54, 1.807) is 0 Å². The van der Waals surface area contributed by atoms with Crippen molar-refractivity contribution in [2.75, 3.05) is 25.4 Å². The Labute approximate surface area is 132 Å². The molecule has 4 aliphatic rings. The molecule has 4 atom stereocenters. The van der Waals surface area contributed by atoms with E-state index in [0.29, 0.717) is 17.9 Å². The largest absolute Gasteiger partial charge is 0.337 e. The number of nitrogens with zero attached hydrogens (tertiary/aromatic N) is 1. The van der Waals surface area contributed by atoms with E-state index in [4.69, 9.17) is 0 Å². The van der Waals surface area contributed by atoms with Crippen LogP contribution in [0.2, 0.25) is 0 Å². The highest BCUT2D eigenvalue weighted by Crippen LogP contribution is 2.47. The molecule has 3 nitrogen and oxygen atoms in total. The first kappa shape index (κ1) is 14.4. The van der Waals surface area contributed by atoms with E-state index in [1.807, 2.05) is 0 Å². The van der Waals surface area contributed by atoms with Crippen LogP contribution in [0.4, 0.5) is 0 Å². The first-order chi connectivity index (χ1) is 10.3. The van der Waals surface area contributed by atoms with Gasteiger partial charge in [0.05, 0.1) is 5.41 Å². The van der Waals surface area contributed by atoms with Crippen LogP contribution in [0.1, 0.15) is 51.4 Å². The summed E-state index contributed by atoms with van der Waals surface area (Å²) in [6.07, 6.45) is 10.2. The first-order valence-electron chi connectivity index (χ1n) is 8.95. The predicted molar refractivity (Wildman–Crippen MR) is 87.5 cm³/mol. The highest BCUT2D eigenvalue weighted by Gasteiger charge is 2.53. The number of nitrogens with one attached hydrogen (secondary N) is 1. The topological polar surface area (TPSA) is 32.3 Å². The zero-order chi connectivity index (χ0) is 14.3. The summed E-state index contributed by atoms with van der Waals surface area (Å²) in [6, 6.07) is 0.544. The van der Waals surface area contributed by atoms with E-state index in [0.717, 1.165) is 37.1 Å². The molecule has 4 heteroatoms. The number of hydrogen-bond donors (Lipinski definition) is 1. The lowest BCUT2D eigenvalue weighted by Gasteiger charge is -2.48. The minimum atomic E-state index is -0.0394. The van der Waals surface area contributed by atoms with Crippen LogP contribution in [-0.4, -0.2) is 47.5 Å². The number of carbonyl (C=O) groups is 1. The summed E-state index contributed by atoms with van der Waals surface area (Å²) in [5.41, 5.74) is -0.0394. The van der Waals surface area contributed by atoms with Crippen molar-refractivity contribution >= 4 is 17.7 Å². The van der Waals surface area contributed by atoms with Crippen molar-refractivity contribution in [1.29, 1.82) is 0 Å². The van der Waals surface area contributed by atoms with Crippen molar-refractivity contribution < 1.29 is 4.79 Å². The maximum atomic E-state index is 13.5. The zero-order valence-electron chi connectivity index (χ0n) is 13.0. The number of carbonyl (C=O) groups excluding carboxylic acids is 1. The molecule has 4 fully saturated rings. The van der Waals surface area contributed by atoms with Gasteiger partial charge in [0.15, 0.2) is 0 Å². The summed E-state index contributed by atoms with van der Waals surface area (Å²) < 4.78 is 0. The van der Waals surface area contributed by atoms with Gasteiger partial charge in [0.25, 0.3) is 0 Å². The lowest BCUT2D eigenvalue weighted by molar-refractivity contribution is -0.148. The van der Waals surface area contributed by atoms with Crippen molar-refractivity contribution in [2.45, 2.75) is 62.7 Å². The predicted octanol–water partition coefficient (Wildman–Crippen LogP) is 2.65. The fraction of sp³-hybridized carbons (Fsp3) is 0.941. The molecule has 4 rings (SSSR count). The van der Waals surface area contributed by atoms with Crippen LogP contribution in [0.15, 0.2) is 0 Å². The van der Waals surface area contributed by atoms with E-state index in [2.05, 4.69) is 22.0 Å². The van der Waals surface area contributed by atoms with Crippen LogP contribution >= 0.6 is 11.8 Å². The molecule has 2 aliphatic carbocycles. The fourth-order valence-corrected chi connectivity index (χ4v) is 6.75. The van der Waals surface area contributed by atoms with Crippen molar-refractivity contribution in [3.05, 3.63) is 0 Å². The van der Waals surface area contributed by atoms with Gasteiger partial charge >= 0.3 is 0 Å². The third-order valence-electron chi connectivity index (χ3n) is 6.46. The maximum absolute atomic E-state index is 13.5. The Morgan fingerprint density at radius 3 is 2.95 bits per heavy atom. The fourth-order valence-electron chi connectivity index (χ4n) is 5.30. The summed E-state index contributed by atoms with van der Waals surface area (Å²) in [5.74, 6) is 2.28. The van der Waals surface area contributed by atoms with Crippen LogP contribution in [0.3, 0.4) is 0 Å². The molecule has 1 amide bonds. The van der Waals surface area contributed by atoms with Gasteiger partial charge in [-0.05, 0) is 38.1 Å². The van der Waals surface area contributed by atoms with Crippen molar-refractivity contribution in [2.24, 2.45) is 11.3 Å². The highest BCUT2D eigenvalue weighted by atomic mass is 32.2.